The van der Waals surface area contributed by atoms with Gasteiger partial charge in [-0.1, -0.05) is 41.5 Å². The Bertz CT molecular complexity index is 183. The van der Waals surface area contributed by atoms with Crippen LogP contribution in [0.25, 0.3) is 0 Å². The first-order valence-electron chi connectivity index (χ1n) is 6.72. The third-order valence-electron chi connectivity index (χ3n) is 3.73. The minimum absolute atomic E-state index is 0.00146. The van der Waals surface area contributed by atoms with E-state index in [1.54, 1.807) is 0 Å². The second-order valence-electron chi connectivity index (χ2n) is 5.75. The number of hydrogen-bond donors (Lipinski definition) is 2. The van der Waals surface area contributed by atoms with E-state index in [4.69, 9.17) is 9.53 Å². The summed E-state index contributed by atoms with van der Waals surface area (Å²) in [7, 11) is -1.92. The average molecular weight is 262 g/mol. The summed E-state index contributed by atoms with van der Waals surface area (Å²) in [6.07, 6.45) is 0.316. The van der Waals surface area contributed by atoms with Crippen molar-refractivity contribution in [2.24, 2.45) is 0 Å². The van der Waals surface area contributed by atoms with Crippen molar-refractivity contribution in [3.63, 3.8) is 0 Å². The molecule has 1 atom stereocenters. The molecule has 0 bridgehead atoms. The van der Waals surface area contributed by atoms with Gasteiger partial charge in [0.1, 0.15) is 0 Å². The van der Waals surface area contributed by atoms with Crippen molar-refractivity contribution in [1.82, 2.24) is 0 Å². The van der Waals surface area contributed by atoms with E-state index >= 15 is 0 Å². The number of hydrogen-bond acceptors (Lipinski definition) is 3. The highest BCUT2D eigenvalue weighted by Crippen LogP contribution is 2.43. The Morgan fingerprint density at radius 1 is 0.882 bits per heavy atom. The average Bonchev–Trinajstić information content (AvgIpc) is 2.22. The van der Waals surface area contributed by atoms with Gasteiger partial charge in [-0.25, -0.2) is 0 Å². The molecule has 0 aromatic heterocycles. The SMILES string of the molecule is CC(C)[Si](OC(CO)CCO)(C(C)C)C(C)C. The molecule has 0 rings (SSSR count). The molecule has 0 amide bonds. The lowest BCUT2D eigenvalue weighted by atomic mass is 10.3. The zero-order chi connectivity index (χ0) is 13.6. The van der Waals surface area contributed by atoms with E-state index in [1.807, 2.05) is 0 Å². The molecule has 17 heavy (non-hydrogen) atoms. The van der Waals surface area contributed by atoms with Crippen molar-refractivity contribution < 1.29 is 14.6 Å². The predicted octanol–water partition coefficient (Wildman–Crippen LogP) is 2.92. The highest BCUT2D eigenvalue weighted by atomic mass is 28.4. The van der Waals surface area contributed by atoms with Gasteiger partial charge < -0.3 is 14.6 Å². The quantitative estimate of drug-likeness (QED) is 0.661. The molecule has 0 spiro atoms. The molecular weight excluding hydrogens is 232 g/mol. The number of rotatable bonds is 8. The predicted molar refractivity (Wildman–Crippen MR) is 74.7 cm³/mol. The minimum Gasteiger partial charge on any atom is -0.411 e. The molecule has 0 aromatic carbocycles. The Morgan fingerprint density at radius 3 is 1.53 bits per heavy atom. The van der Waals surface area contributed by atoms with E-state index in [0.717, 1.165) is 0 Å². The van der Waals surface area contributed by atoms with Gasteiger partial charge in [0.25, 0.3) is 0 Å². The Morgan fingerprint density at radius 2 is 1.29 bits per heavy atom. The summed E-state index contributed by atoms with van der Waals surface area (Å²) in [5, 5.41) is 18.4. The van der Waals surface area contributed by atoms with Crippen LogP contribution < -0.4 is 0 Å². The molecule has 1 unspecified atom stereocenters. The molecule has 0 saturated carbocycles. The van der Waals surface area contributed by atoms with Crippen molar-refractivity contribution in [3.05, 3.63) is 0 Å². The van der Waals surface area contributed by atoms with E-state index in [2.05, 4.69) is 41.5 Å². The van der Waals surface area contributed by atoms with Crippen LogP contribution in [0.1, 0.15) is 48.0 Å². The normalized spacial score (nSPS) is 15.0. The van der Waals surface area contributed by atoms with Gasteiger partial charge >= 0.3 is 0 Å². The minimum atomic E-state index is -1.92. The van der Waals surface area contributed by atoms with Crippen LogP contribution in [-0.4, -0.2) is 37.8 Å². The van der Waals surface area contributed by atoms with Gasteiger partial charge in [0.15, 0.2) is 0 Å². The van der Waals surface area contributed by atoms with E-state index < -0.39 is 8.32 Å². The van der Waals surface area contributed by atoms with Crippen LogP contribution >= 0.6 is 0 Å². The molecule has 0 aliphatic carbocycles. The van der Waals surface area contributed by atoms with Crippen LogP contribution in [0.3, 0.4) is 0 Å². The maximum atomic E-state index is 9.35. The Labute approximate surface area is 107 Å². The van der Waals surface area contributed by atoms with Crippen LogP contribution in [0.15, 0.2) is 0 Å². The van der Waals surface area contributed by atoms with Gasteiger partial charge in [0, 0.05) is 6.61 Å². The first-order valence-corrected chi connectivity index (χ1v) is 8.86. The maximum absolute atomic E-state index is 9.35. The molecule has 104 valence electrons. The monoisotopic (exact) mass is 262 g/mol. The van der Waals surface area contributed by atoms with Gasteiger partial charge in [0.05, 0.1) is 12.7 Å². The van der Waals surface area contributed by atoms with E-state index in [-0.39, 0.29) is 19.3 Å². The molecule has 0 aliphatic heterocycles. The fourth-order valence-electron chi connectivity index (χ4n) is 3.03. The molecule has 0 aromatic rings. The summed E-state index contributed by atoms with van der Waals surface area (Å²) in [6, 6.07) is 0. The second kappa shape index (κ2) is 7.51. The summed E-state index contributed by atoms with van der Waals surface area (Å²) >= 11 is 0. The molecule has 0 saturated heterocycles. The zero-order valence-corrected chi connectivity index (χ0v) is 13.2. The van der Waals surface area contributed by atoms with Crippen LogP contribution in [0.4, 0.5) is 0 Å². The smallest absolute Gasteiger partial charge is 0.200 e. The van der Waals surface area contributed by atoms with Gasteiger partial charge in [0.2, 0.25) is 8.32 Å². The summed E-state index contributed by atoms with van der Waals surface area (Å²) in [4.78, 5) is 0. The van der Waals surface area contributed by atoms with Crippen LogP contribution in [-0.2, 0) is 4.43 Å². The number of aliphatic hydroxyl groups is 2. The Kier molecular flexibility index (Phi) is 7.56. The van der Waals surface area contributed by atoms with E-state index in [0.29, 0.717) is 23.0 Å². The summed E-state index contributed by atoms with van der Waals surface area (Å²) in [6.45, 7) is 13.4. The fraction of sp³-hybridized carbons (Fsp3) is 1.00. The van der Waals surface area contributed by atoms with E-state index in [9.17, 15) is 5.11 Å². The van der Waals surface area contributed by atoms with Crippen molar-refractivity contribution in [3.8, 4) is 0 Å². The topological polar surface area (TPSA) is 49.7 Å². The van der Waals surface area contributed by atoms with Crippen molar-refractivity contribution in [2.45, 2.75) is 70.7 Å². The third kappa shape index (κ3) is 4.05. The summed E-state index contributed by atoms with van der Waals surface area (Å²) < 4.78 is 6.34. The molecule has 0 aliphatic rings. The van der Waals surface area contributed by atoms with Crippen molar-refractivity contribution in [1.29, 1.82) is 0 Å². The van der Waals surface area contributed by atoms with Gasteiger partial charge in [-0.3, -0.25) is 0 Å². The lowest BCUT2D eigenvalue weighted by molar-refractivity contribution is 0.0761. The molecule has 3 nitrogen and oxygen atoms in total. The molecule has 0 fully saturated rings. The standard InChI is InChI=1S/C13H30O3Si/c1-10(2)17(11(3)4,12(5)6)16-13(9-15)7-8-14/h10-15H,7-9H2,1-6H3. The summed E-state index contributed by atoms with van der Waals surface area (Å²) in [5.74, 6) is 0. The van der Waals surface area contributed by atoms with Crippen LogP contribution in [0.5, 0.6) is 0 Å². The lowest BCUT2D eigenvalue weighted by Crippen LogP contribution is -2.51. The highest BCUT2D eigenvalue weighted by Gasteiger charge is 2.46. The summed E-state index contributed by atoms with van der Waals surface area (Å²) in [5.41, 5.74) is 1.53. The largest absolute Gasteiger partial charge is 0.411 e. The van der Waals surface area contributed by atoms with Crippen molar-refractivity contribution in [2.75, 3.05) is 13.2 Å². The second-order valence-corrected chi connectivity index (χ2v) is 11.2. The zero-order valence-electron chi connectivity index (χ0n) is 12.2. The Hall–Kier alpha value is 0.0969. The van der Waals surface area contributed by atoms with Crippen molar-refractivity contribution >= 4 is 8.32 Å². The van der Waals surface area contributed by atoms with Gasteiger partial charge in [-0.05, 0) is 23.0 Å². The first-order chi connectivity index (χ1) is 7.82. The lowest BCUT2D eigenvalue weighted by Gasteiger charge is -2.44. The van der Waals surface area contributed by atoms with Gasteiger partial charge in [-0.15, -0.1) is 0 Å². The first kappa shape index (κ1) is 17.1. The van der Waals surface area contributed by atoms with Crippen LogP contribution in [0, 0.1) is 0 Å². The number of aliphatic hydroxyl groups excluding tert-OH is 2. The molecule has 0 heterocycles. The van der Waals surface area contributed by atoms with Gasteiger partial charge in [-0.2, -0.15) is 0 Å². The maximum Gasteiger partial charge on any atom is 0.200 e. The Balaban J connectivity index is 5.02. The third-order valence-corrected chi connectivity index (χ3v) is 9.89. The molecular formula is C13H30O3Si. The molecule has 0 radical (unpaired) electrons. The van der Waals surface area contributed by atoms with E-state index in [1.165, 1.54) is 0 Å². The molecule has 4 heteroatoms. The van der Waals surface area contributed by atoms with Crippen LogP contribution in [0.2, 0.25) is 16.6 Å². The fourth-order valence-corrected chi connectivity index (χ4v) is 8.61. The molecule has 2 N–H and O–H groups in total. The highest BCUT2D eigenvalue weighted by molar-refractivity contribution is 6.77.